The molecule has 0 atom stereocenters. The van der Waals surface area contributed by atoms with Crippen LogP contribution in [0.3, 0.4) is 0 Å². The lowest BCUT2D eigenvalue weighted by Gasteiger charge is -2.36. The first-order valence-electron chi connectivity index (χ1n) is 8.58. The van der Waals surface area contributed by atoms with Gasteiger partial charge < -0.3 is 9.80 Å². The van der Waals surface area contributed by atoms with Gasteiger partial charge in [0.25, 0.3) is 0 Å². The second kappa shape index (κ2) is 9.65. The molecular weight excluding hydrogens is 349 g/mol. The number of urea groups is 1. The molecule has 8 nitrogen and oxygen atoms in total. The number of piperazine rings is 1. The zero-order valence-corrected chi connectivity index (χ0v) is 16.8. The Kier molecular flexibility index (Phi) is 8.52. The standard InChI is InChI=1S/C15H32FN5O3S/c1-14(2)21(16)13-12-20(25(5,23)24)11-8-18-6-9-19(10-7-18)15(22)17(3)4/h14H,6-13H2,1-5H3. The van der Waals surface area contributed by atoms with Gasteiger partial charge in [0.15, 0.2) is 0 Å². The van der Waals surface area contributed by atoms with E-state index in [-0.39, 0.29) is 25.2 Å². The highest BCUT2D eigenvalue weighted by molar-refractivity contribution is 7.88. The molecule has 0 aliphatic carbocycles. The minimum absolute atomic E-state index is 0.00543. The minimum Gasteiger partial charge on any atom is -0.331 e. The van der Waals surface area contributed by atoms with E-state index in [9.17, 15) is 17.7 Å². The average Bonchev–Trinajstić information content (AvgIpc) is 2.52. The number of hydrogen-bond donors (Lipinski definition) is 0. The zero-order chi connectivity index (χ0) is 19.2. The van der Waals surface area contributed by atoms with Crippen molar-refractivity contribution in [2.24, 2.45) is 0 Å². The molecule has 25 heavy (non-hydrogen) atoms. The second-order valence-corrected chi connectivity index (χ2v) is 8.87. The molecule has 0 unspecified atom stereocenters. The van der Waals surface area contributed by atoms with Gasteiger partial charge in [0.1, 0.15) is 0 Å². The first-order valence-corrected chi connectivity index (χ1v) is 10.4. The molecule has 0 aromatic heterocycles. The minimum atomic E-state index is -3.38. The summed E-state index contributed by atoms with van der Waals surface area (Å²) < 4.78 is 38.8. The van der Waals surface area contributed by atoms with Gasteiger partial charge in [-0.05, 0) is 13.8 Å². The van der Waals surface area contributed by atoms with E-state index in [1.54, 1.807) is 37.7 Å². The topological polar surface area (TPSA) is 67.4 Å². The molecule has 0 aromatic carbocycles. The van der Waals surface area contributed by atoms with Crippen molar-refractivity contribution in [2.75, 3.05) is 72.7 Å². The Labute approximate surface area is 151 Å². The maximum atomic E-state index is 13.6. The van der Waals surface area contributed by atoms with Crippen LogP contribution in [0.2, 0.25) is 0 Å². The van der Waals surface area contributed by atoms with E-state index in [1.807, 2.05) is 0 Å². The van der Waals surface area contributed by atoms with Crippen molar-refractivity contribution >= 4 is 16.1 Å². The molecule has 1 aliphatic rings. The third kappa shape index (κ3) is 7.43. The van der Waals surface area contributed by atoms with Crippen molar-refractivity contribution in [3.8, 4) is 0 Å². The predicted molar refractivity (Wildman–Crippen MR) is 96.5 cm³/mol. The predicted octanol–water partition coefficient (Wildman–Crippen LogP) is 0.142. The highest BCUT2D eigenvalue weighted by atomic mass is 32.2. The van der Waals surface area contributed by atoms with Crippen LogP contribution in [0.25, 0.3) is 0 Å². The van der Waals surface area contributed by atoms with Crippen LogP contribution in [0, 0.1) is 0 Å². The second-order valence-electron chi connectivity index (χ2n) is 6.88. The van der Waals surface area contributed by atoms with E-state index in [0.29, 0.717) is 44.4 Å². The maximum absolute atomic E-state index is 13.6. The van der Waals surface area contributed by atoms with E-state index >= 15 is 0 Å². The van der Waals surface area contributed by atoms with Crippen molar-refractivity contribution in [3.05, 3.63) is 0 Å². The third-order valence-electron chi connectivity index (χ3n) is 4.28. The molecule has 1 fully saturated rings. The normalized spacial score (nSPS) is 16.9. The van der Waals surface area contributed by atoms with Gasteiger partial charge in [0.2, 0.25) is 10.0 Å². The fourth-order valence-corrected chi connectivity index (χ4v) is 3.43. The summed E-state index contributed by atoms with van der Waals surface area (Å²) in [5.74, 6) is 0. The van der Waals surface area contributed by atoms with Crippen molar-refractivity contribution in [2.45, 2.75) is 19.9 Å². The van der Waals surface area contributed by atoms with Crippen LogP contribution in [0.5, 0.6) is 0 Å². The summed E-state index contributed by atoms with van der Waals surface area (Å²) >= 11 is 0. The Bertz CT molecular complexity index is 521. The lowest BCUT2D eigenvalue weighted by molar-refractivity contribution is -0.0110. The van der Waals surface area contributed by atoms with Crippen molar-refractivity contribution in [3.63, 3.8) is 0 Å². The number of rotatable bonds is 8. The Morgan fingerprint density at radius 2 is 1.64 bits per heavy atom. The van der Waals surface area contributed by atoms with Crippen molar-refractivity contribution < 1.29 is 17.7 Å². The van der Waals surface area contributed by atoms with E-state index < -0.39 is 10.0 Å². The zero-order valence-electron chi connectivity index (χ0n) is 16.0. The van der Waals surface area contributed by atoms with Gasteiger partial charge >= 0.3 is 6.03 Å². The average molecular weight is 382 g/mol. The smallest absolute Gasteiger partial charge is 0.319 e. The number of amides is 2. The molecule has 10 heteroatoms. The summed E-state index contributed by atoms with van der Waals surface area (Å²) in [5, 5.41) is 0.643. The van der Waals surface area contributed by atoms with E-state index in [2.05, 4.69) is 4.90 Å². The maximum Gasteiger partial charge on any atom is 0.319 e. The molecule has 0 aromatic rings. The van der Waals surface area contributed by atoms with Gasteiger partial charge in [-0.15, -0.1) is 9.60 Å². The van der Waals surface area contributed by atoms with Gasteiger partial charge in [-0.25, -0.2) is 13.2 Å². The van der Waals surface area contributed by atoms with Crippen LogP contribution in [0.1, 0.15) is 13.8 Å². The molecule has 0 N–H and O–H groups in total. The lowest BCUT2D eigenvalue weighted by Crippen LogP contribution is -2.53. The Morgan fingerprint density at radius 3 is 2.08 bits per heavy atom. The van der Waals surface area contributed by atoms with Crippen LogP contribution < -0.4 is 0 Å². The number of sulfonamides is 1. The largest absolute Gasteiger partial charge is 0.331 e. The summed E-state index contributed by atoms with van der Waals surface area (Å²) in [5.41, 5.74) is 0. The highest BCUT2D eigenvalue weighted by Gasteiger charge is 2.24. The summed E-state index contributed by atoms with van der Waals surface area (Å²) in [6, 6.07) is -0.280. The van der Waals surface area contributed by atoms with Crippen molar-refractivity contribution in [1.29, 1.82) is 0 Å². The molecule has 0 bridgehead atoms. The van der Waals surface area contributed by atoms with Crippen LogP contribution in [-0.4, -0.2) is 117 Å². The van der Waals surface area contributed by atoms with Crippen LogP contribution in [-0.2, 0) is 10.0 Å². The summed E-state index contributed by atoms with van der Waals surface area (Å²) in [4.78, 5) is 17.4. The first-order chi connectivity index (χ1) is 11.5. The fourth-order valence-electron chi connectivity index (χ4n) is 2.61. The lowest BCUT2D eigenvalue weighted by atomic mass is 10.3. The van der Waals surface area contributed by atoms with Crippen LogP contribution in [0.15, 0.2) is 0 Å². The van der Waals surface area contributed by atoms with Gasteiger partial charge in [-0.2, -0.15) is 4.31 Å². The monoisotopic (exact) mass is 381 g/mol. The summed E-state index contributed by atoms with van der Waals surface area (Å²) in [7, 11) is 0.0720. The summed E-state index contributed by atoms with van der Waals surface area (Å²) in [6.45, 7) is 7.19. The molecule has 1 saturated heterocycles. The fraction of sp³-hybridized carbons (Fsp3) is 0.933. The Balaban J connectivity index is 2.46. The molecule has 1 heterocycles. The van der Waals surface area contributed by atoms with Gasteiger partial charge in [0, 0.05) is 72.5 Å². The SMILES string of the molecule is CC(C)N(F)CCN(CCN1CCN(C(=O)N(C)C)CC1)S(C)(=O)=O. The van der Waals surface area contributed by atoms with Gasteiger partial charge in [0.05, 0.1) is 6.26 Å². The number of hydrogen-bond acceptors (Lipinski definition) is 5. The third-order valence-corrected chi connectivity index (χ3v) is 5.59. The van der Waals surface area contributed by atoms with E-state index in [1.165, 1.54) is 4.31 Å². The van der Waals surface area contributed by atoms with Crippen LogP contribution in [0.4, 0.5) is 9.28 Å². The molecule has 148 valence electrons. The van der Waals surface area contributed by atoms with Gasteiger partial charge in [-0.3, -0.25) is 4.90 Å². The first kappa shape index (κ1) is 22.1. The van der Waals surface area contributed by atoms with E-state index in [0.717, 1.165) is 6.26 Å². The molecule has 0 spiro atoms. The highest BCUT2D eigenvalue weighted by Crippen LogP contribution is 2.07. The summed E-state index contributed by atoms with van der Waals surface area (Å²) in [6.07, 6.45) is 1.15. The van der Waals surface area contributed by atoms with E-state index in [4.69, 9.17) is 0 Å². The number of carbonyl (C=O) groups is 1. The molecule has 2 amide bonds. The van der Waals surface area contributed by atoms with Crippen LogP contribution >= 0.6 is 0 Å². The number of nitrogens with zero attached hydrogens (tertiary/aromatic N) is 5. The molecule has 0 saturated carbocycles. The van der Waals surface area contributed by atoms with Crippen molar-refractivity contribution in [1.82, 2.24) is 24.1 Å². The Hall–Kier alpha value is -0.970. The van der Waals surface area contributed by atoms with Gasteiger partial charge in [-0.1, -0.05) is 0 Å². The molecular formula is C15H32FN5O3S. The number of carbonyl (C=O) groups excluding carboxylic acids is 1. The molecule has 0 radical (unpaired) electrons. The Morgan fingerprint density at radius 1 is 1.08 bits per heavy atom. The molecule has 1 rings (SSSR count). The number of halogens is 1. The molecule has 1 aliphatic heterocycles. The quantitative estimate of drug-likeness (QED) is 0.560.